The molecule has 0 saturated carbocycles. The highest BCUT2D eigenvalue weighted by molar-refractivity contribution is 5.86. The summed E-state index contributed by atoms with van der Waals surface area (Å²) < 4.78 is 34.6. The van der Waals surface area contributed by atoms with Gasteiger partial charge in [-0.3, -0.25) is 14.6 Å². The summed E-state index contributed by atoms with van der Waals surface area (Å²) in [5.74, 6) is -0.669. The van der Waals surface area contributed by atoms with Gasteiger partial charge in [-0.2, -0.15) is 5.26 Å². The van der Waals surface area contributed by atoms with Gasteiger partial charge in [-0.1, -0.05) is 24.3 Å². The van der Waals surface area contributed by atoms with Crippen molar-refractivity contribution in [1.82, 2.24) is 24.7 Å². The molecule has 1 unspecified atom stereocenters. The number of nitrogens with zero attached hydrogens (tertiary/aromatic N) is 6. The van der Waals surface area contributed by atoms with Gasteiger partial charge in [0.2, 0.25) is 5.89 Å². The van der Waals surface area contributed by atoms with Crippen LogP contribution in [0.2, 0.25) is 0 Å². The minimum absolute atomic E-state index is 0.291. The van der Waals surface area contributed by atoms with Crippen LogP contribution in [0.1, 0.15) is 64.9 Å². The number of aliphatic hydroxyl groups excluding tert-OH is 1. The Morgan fingerprint density at radius 2 is 1.71 bits per heavy atom. The first-order valence-electron chi connectivity index (χ1n) is 18.9. The Labute approximate surface area is 323 Å². The number of aliphatic hydroxyl groups is 1. The van der Waals surface area contributed by atoms with Gasteiger partial charge in [0.15, 0.2) is 5.58 Å². The number of carboxylic acid groups (broad SMARTS) is 1. The lowest BCUT2D eigenvalue weighted by Crippen LogP contribution is -2.35. The number of halogens is 2. The number of aliphatic carboxylic acids is 1. The van der Waals surface area contributed by atoms with E-state index < -0.39 is 12.4 Å². The predicted octanol–water partition coefficient (Wildman–Crippen LogP) is 7.83. The maximum atomic E-state index is 14.2. The van der Waals surface area contributed by atoms with Crippen LogP contribution >= 0.6 is 0 Å². The van der Waals surface area contributed by atoms with Crippen LogP contribution < -0.4 is 5.32 Å². The van der Waals surface area contributed by atoms with Gasteiger partial charge in [-0.25, -0.2) is 18.7 Å². The molecular weight excluding hydrogens is 717 g/mol. The van der Waals surface area contributed by atoms with Gasteiger partial charge in [0, 0.05) is 48.3 Å². The first kappa shape index (κ1) is 37.3. The predicted molar refractivity (Wildman–Crippen MR) is 209 cm³/mol. The molecule has 1 atom stereocenters. The van der Waals surface area contributed by atoms with Crippen molar-refractivity contribution in [3.05, 3.63) is 100 Å². The maximum absolute atomic E-state index is 14.2. The molecule has 2 saturated heterocycles. The summed E-state index contributed by atoms with van der Waals surface area (Å²) in [6.45, 7) is 8.26. The second-order valence-electron chi connectivity index (χ2n) is 15.1. The number of benzene rings is 3. The fourth-order valence-corrected chi connectivity index (χ4v) is 8.21. The number of nitrogens with one attached hydrogen (secondary N) is 1. The topological polar surface area (TPSA) is 142 Å². The molecule has 288 valence electrons. The number of carbonyl (C=O) groups is 1. The third-order valence-corrected chi connectivity index (χ3v) is 11.3. The second kappa shape index (κ2) is 15.5. The molecule has 0 amide bonds. The molecule has 0 spiro atoms. The summed E-state index contributed by atoms with van der Waals surface area (Å²) in [6.07, 6.45) is 2.70. The minimum atomic E-state index is -2.74. The lowest BCUT2D eigenvalue weighted by Gasteiger charge is -2.30. The minimum Gasteiger partial charge on any atom is -0.481 e. The van der Waals surface area contributed by atoms with E-state index in [9.17, 15) is 29.1 Å². The van der Waals surface area contributed by atoms with Crippen molar-refractivity contribution in [3.63, 3.8) is 0 Å². The number of aromatic nitrogens is 2. The number of hydrogen-bond acceptors (Lipinski definition) is 10. The third-order valence-electron chi connectivity index (χ3n) is 11.3. The van der Waals surface area contributed by atoms with Crippen molar-refractivity contribution in [3.8, 4) is 28.7 Å². The van der Waals surface area contributed by atoms with Crippen LogP contribution in [0.15, 0.2) is 65.2 Å². The summed E-state index contributed by atoms with van der Waals surface area (Å²) in [4.78, 5) is 27.0. The number of oxazole rings is 1. The van der Waals surface area contributed by atoms with Gasteiger partial charge in [-0.05, 0) is 110 Å². The van der Waals surface area contributed by atoms with E-state index in [1.807, 2.05) is 79.6 Å². The number of anilines is 2. The van der Waals surface area contributed by atoms with Crippen LogP contribution in [-0.4, -0.2) is 79.8 Å². The van der Waals surface area contributed by atoms with Gasteiger partial charge < -0.3 is 24.8 Å². The largest absolute Gasteiger partial charge is 0.481 e. The van der Waals surface area contributed by atoms with Gasteiger partial charge in [0.25, 0.3) is 6.43 Å². The number of rotatable bonds is 10. The van der Waals surface area contributed by atoms with Crippen LogP contribution in [0, 0.1) is 31.1 Å². The van der Waals surface area contributed by atoms with Crippen LogP contribution in [-0.2, 0) is 17.9 Å². The van der Waals surface area contributed by atoms with E-state index >= 15 is 0 Å². The molecule has 0 bridgehead atoms. The molecule has 3 N–H and O–H groups in total. The van der Waals surface area contributed by atoms with Crippen LogP contribution in [0.5, 0.6) is 0 Å². The molecule has 3 aromatic carbocycles. The van der Waals surface area contributed by atoms with Crippen LogP contribution in [0.4, 0.5) is 20.2 Å². The number of piperidine rings is 1. The average Bonchev–Trinajstić information content (AvgIpc) is 3.81. The van der Waals surface area contributed by atoms with E-state index in [1.165, 1.54) is 6.07 Å². The Hall–Kier alpha value is -5.68. The van der Waals surface area contributed by atoms with Crippen LogP contribution in [0.3, 0.4) is 0 Å². The first-order chi connectivity index (χ1) is 27.0. The van der Waals surface area contributed by atoms with E-state index in [1.54, 1.807) is 0 Å². The molecule has 2 fully saturated rings. The van der Waals surface area contributed by atoms with E-state index in [2.05, 4.69) is 26.2 Å². The second-order valence-corrected chi connectivity index (χ2v) is 15.1. The summed E-state index contributed by atoms with van der Waals surface area (Å²) in [5, 5.41) is 32.8. The Morgan fingerprint density at radius 1 is 0.982 bits per heavy atom. The van der Waals surface area contributed by atoms with E-state index in [-0.39, 0.29) is 17.7 Å². The molecule has 0 radical (unpaired) electrons. The van der Waals surface area contributed by atoms with Crippen molar-refractivity contribution in [1.29, 1.82) is 5.26 Å². The lowest BCUT2D eigenvalue weighted by atomic mass is 9.92. The number of hydrogen-bond donors (Lipinski definition) is 3. The van der Waals surface area contributed by atoms with E-state index in [4.69, 9.17) is 9.40 Å². The quantitative estimate of drug-likeness (QED) is 0.128. The SMILES string of the molecule is Cc1c(Nc2cc(C(F)F)nc3c2C=CN(CN2CCC(O)C2)C3)cccc1-c1cccc(-c2nc3cc(CN4CCC(C(=O)O)CC4)cc(C#N)c3o2)c1C. The fraction of sp³-hybridized carbons (Fsp3) is 0.349. The Kier molecular flexibility index (Phi) is 10.3. The van der Waals surface area contributed by atoms with Gasteiger partial charge in [0.05, 0.1) is 36.5 Å². The summed E-state index contributed by atoms with van der Waals surface area (Å²) in [7, 11) is 0. The van der Waals surface area contributed by atoms with Crippen molar-refractivity contribution >= 4 is 34.5 Å². The maximum Gasteiger partial charge on any atom is 0.306 e. The standard InChI is InChI=1S/C43H43F2N7O4/c1-25-31(5-3-7-33(25)42-49-37-18-27(17-29(20-46)40(37)56-42)21-50-13-9-28(10-14-50)43(54)55)32-6-4-8-35(26(32)2)47-36-19-38(41(44)45)48-39-23-52(16-12-34(36)39)24-51-15-11-30(53)22-51/h3-8,12,16-19,28,30,41,53H,9-11,13-15,21-24H2,1-2H3,(H,47,48)(H,54,55). The Morgan fingerprint density at radius 3 is 2.43 bits per heavy atom. The summed E-state index contributed by atoms with van der Waals surface area (Å²) in [5.41, 5.74) is 9.18. The molecule has 5 heterocycles. The number of β-amino-alcohol motifs (C(OH)–C–C–N with tert-alkyl or cyclic N) is 1. The number of pyridine rings is 1. The number of likely N-dealkylation sites (tertiary alicyclic amines) is 2. The average molecular weight is 760 g/mol. The van der Waals surface area contributed by atoms with E-state index in [0.717, 1.165) is 57.6 Å². The smallest absolute Gasteiger partial charge is 0.306 e. The zero-order valence-electron chi connectivity index (χ0n) is 31.3. The molecule has 0 aliphatic carbocycles. The molecule has 56 heavy (non-hydrogen) atoms. The molecular formula is C43H43F2N7O4. The summed E-state index contributed by atoms with van der Waals surface area (Å²) in [6, 6.07) is 19.3. The van der Waals surface area contributed by atoms with Crippen molar-refractivity contribution in [2.24, 2.45) is 5.92 Å². The molecule has 5 aromatic rings. The monoisotopic (exact) mass is 759 g/mol. The van der Waals surface area contributed by atoms with E-state index in [0.29, 0.717) is 86.2 Å². The highest BCUT2D eigenvalue weighted by Crippen LogP contribution is 2.39. The van der Waals surface area contributed by atoms with Crippen LogP contribution in [0.25, 0.3) is 39.8 Å². The summed E-state index contributed by atoms with van der Waals surface area (Å²) >= 11 is 0. The molecule has 2 aromatic heterocycles. The fourth-order valence-electron chi connectivity index (χ4n) is 8.21. The number of alkyl halides is 2. The van der Waals surface area contributed by atoms with Gasteiger partial charge >= 0.3 is 5.97 Å². The number of nitriles is 1. The molecule has 8 rings (SSSR count). The number of fused-ring (bicyclic) bond motifs is 2. The zero-order valence-corrected chi connectivity index (χ0v) is 31.3. The highest BCUT2D eigenvalue weighted by Gasteiger charge is 2.27. The normalized spacial score (nSPS) is 17.8. The van der Waals surface area contributed by atoms with Crippen molar-refractivity contribution < 1.29 is 28.2 Å². The Bertz CT molecular complexity index is 2380. The molecule has 11 nitrogen and oxygen atoms in total. The van der Waals surface area contributed by atoms with Crippen molar-refractivity contribution in [2.75, 3.05) is 38.2 Å². The lowest BCUT2D eigenvalue weighted by molar-refractivity contribution is -0.143. The zero-order chi connectivity index (χ0) is 39.1. The van der Waals surface area contributed by atoms with Crippen molar-refractivity contribution in [2.45, 2.75) is 58.7 Å². The van der Waals surface area contributed by atoms with Gasteiger partial charge in [-0.15, -0.1) is 0 Å². The molecule has 13 heteroatoms. The highest BCUT2D eigenvalue weighted by atomic mass is 19.3. The number of carboxylic acids is 1. The first-order valence-corrected chi connectivity index (χ1v) is 18.9. The van der Waals surface area contributed by atoms with Gasteiger partial charge in [0.1, 0.15) is 17.3 Å². The molecule has 3 aliphatic heterocycles. The molecule has 3 aliphatic rings. The third kappa shape index (κ3) is 7.47. The Balaban J connectivity index is 1.06.